The van der Waals surface area contributed by atoms with Crippen LogP contribution in [0.25, 0.3) is 0 Å². The van der Waals surface area contributed by atoms with Crippen molar-refractivity contribution >= 4 is 14.0 Å². The normalized spacial score (nSPS) is 11.6. The number of halogens is 1. The lowest BCUT2D eigenvalue weighted by Crippen LogP contribution is -2.22. The molecule has 7 nitrogen and oxygen atoms in total. The van der Waals surface area contributed by atoms with E-state index < -0.39 is 19.9 Å². The van der Waals surface area contributed by atoms with E-state index in [0.29, 0.717) is 31.9 Å². The van der Waals surface area contributed by atoms with E-state index in [-0.39, 0.29) is 24.5 Å². The van der Waals surface area contributed by atoms with Crippen LogP contribution in [0.4, 0.5) is 4.39 Å². The van der Waals surface area contributed by atoms with Crippen LogP contribution < -0.4 is 4.74 Å². The van der Waals surface area contributed by atoms with E-state index in [9.17, 15) is 14.3 Å². The molecule has 9 heteroatoms. The van der Waals surface area contributed by atoms with E-state index in [1.54, 1.807) is 4.68 Å². The Morgan fingerprint density at radius 2 is 2.00 bits per heavy atom. The average Bonchev–Trinajstić information content (AvgIpc) is 3.03. The Hall–Kier alpha value is -2.23. The molecule has 1 heterocycles. The molecular formula is C22H33FN2O5Si. The van der Waals surface area contributed by atoms with Gasteiger partial charge < -0.3 is 19.3 Å². The Balaban J connectivity index is 1.92. The second kappa shape index (κ2) is 11.4. The van der Waals surface area contributed by atoms with Crippen molar-refractivity contribution < 1.29 is 28.5 Å². The molecule has 2 aromatic rings. The molecule has 1 aromatic carbocycles. The van der Waals surface area contributed by atoms with Gasteiger partial charge in [0.1, 0.15) is 6.73 Å². The summed E-state index contributed by atoms with van der Waals surface area (Å²) in [4.78, 5) is 11.6. The molecule has 0 aliphatic heterocycles. The highest BCUT2D eigenvalue weighted by molar-refractivity contribution is 6.76. The second-order valence-corrected chi connectivity index (χ2v) is 14.2. The summed E-state index contributed by atoms with van der Waals surface area (Å²) in [5.74, 6) is -1.08. The molecule has 0 fully saturated rings. The van der Waals surface area contributed by atoms with Crippen LogP contribution in [0.1, 0.15) is 33.7 Å². The number of hydrogen-bond donors (Lipinski definition) is 1. The van der Waals surface area contributed by atoms with E-state index in [1.807, 2.05) is 6.92 Å². The number of aliphatic hydroxyl groups is 1. The van der Waals surface area contributed by atoms with Crippen molar-refractivity contribution in [3.8, 4) is 5.75 Å². The van der Waals surface area contributed by atoms with Crippen molar-refractivity contribution in [3.63, 3.8) is 0 Å². The summed E-state index contributed by atoms with van der Waals surface area (Å²) in [6.45, 7) is 10.0. The highest BCUT2D eigenvalue weighted by atomic mass is 28.3. The SMILES string of the molecule is COC(=O)c1ccc(F)c(OCCCc2c(CO)nn(COCC[Si](C)(C)C)c2C)c1. The van der Waals surface area contributed by atoms with E-state index in [2.05, 4.69) is 29.5 Å². The second-order valence-electron chi connectivity index (χ2n) is 8.61. The van der Waals surface area contributed by atoms with Gasteiger partial charge in [0.15, 0.2) is 11.6 Å². The Bertz CT molecular complexity index is 880. The van der Waals surface area contributed by atoms with Crippen LogP contribution in [-0.2, 0) is 29.2 Å². The molecule has 2 rings (SSSR count). The summed E-state index contributed by atoms with van der Waals surface area (Å²) in [5, 5.41) is 14.1. The van der Waals surface area contributed by atoms with Crippen molar-refractivity contribution in [2.24, 2.45) is 0 Å². The van der Waals surface area contributed by atoms with Gasteiger partial charge >= 0.3 is 5.97 Å². The lowest BCUT2D eigenvalue weighted by atomic mass is 10.1. The highest BCUT2D eigenvalue weighted by Gasteiger charge is 2.16. The number of benzene rings is 1. The van der Waals surface area contributed by atoms with Gasteiger partial charge in [0, 0.05) is 20.4 Å². The molecule has 0 aliphatic rings. The number of methoxy groups -OCH3 is 1. The number of esters is 1. The number of aromatic nitrogens is 2. The maximum atomic E-state index is 14.0. The largest absolute Gasteiger partial charge is 0.490 e. The molecule has 1 aromatic heterocycles. The highest BCUT2D eigenvalue weighted by Crippen LogP contribution is 2.21. The maximum Gasteiger partial charge on any atom is 0.337 e. The number of rotatable bonds is 12. The molecule has 0 spiro atoms. The predicted molar refractivity (Wildman–Crippen MR) is 119 cm³/mol. The molecule has 0 aliphatic carbocycles. The van der Waals surface area contributed by atoms with E-state index in [0.717, 1.165) is 17.3 Å². The smallest absolute Gasteiger partial charge is 0.337 e. The van der Waals surface area contributed by atoms with Gasteiger partial charge in [0.25, 0.3) is 0 Å². The number of nitrogens with zero attached hydrogens (tertiary/aromatic N) is 2. The topological polar surface area (TPSA) is 82.8 Å². The summed E-state index contributed by atoms with van der Waals surface area (Å²) in [6.07, 6.45) is 1.22. The molecule has 1 N–H and O–H groups in total. The first-order valence-electron chi connectivity index (χ1n) is 10.4. The molecule has 0 radical (unpaired) electrons. The first-order chi connectivity index (χ1) is 14.7. The third-order valence-electron chi connectivity index (χ3n) is 4.95. The predicted octanol–water partition coefficient (Wildman–Crippen LogP) is 3.93. The van der Waals surface area contributed by atoms with Crippen LogP contribution in [0.15, 0.2) is 18.2 Å². The molecule has 0 atom stereocenters. The van der Waals surface area contributed by atoms with Gasteiger partial charge in [-0.3, -0.25) is 0 Å². The number of carbonyl (C=O) groups is 1. The minimum absolute atomic E-state index is 0.00787. The number of ether oxygens (including phenoxy) is 3. The molecular weight excluding hydrogens is 419 g/mol. The molecule has 31 heavy (non-hydrogen) atoms. The molecule has 0 saturated heterocycles. The number of carbonyl (C=O) groups excluding carboxylic acids is 1. The van der Waals surface area contributed by atoms with Crippen LogP contribution >= 0.6 is 0 Å². The van der Waals surface area contributed by atoms with Crippen LogP contribution in [0.2, 0.25) is 25.7 Å². The first kappa shape index (κ1) is 25.0. The fourth-order valence-corrected chi connectivity index (χ4v) is 3.80. The molecule has 0 saturated carbocycles. The van der Waals surface area contributed by atoms with Gasteiger partial charge in [-0.05, 0) is 49.6 Å². The first-order valence-corrected chi connectivity index (χ1v) is 14.1. The summed E-state index contributed by atoms with van der Waals surface area (Å²) in [5.41, 5.74) is 2.73. The van der Waals surface area contributed by atoms with Crippen molar-refractivity contribution in [2.45, 2.75) is 58.8 Å². The molecule has 0 bridgehead atoms. The summed E-state index contributed by atoms with van der Waals surface area (Å²) in [6, 6.07) is 4.95. The van der Waals surface area contributed by atoms with Gasteiger partial charge in [-0.25, -0.2) is 13.9 Å². The third kappa shape index (κ3) is 7.44. The third-order valence-corrected chi connectivity index (χ3v) is 6.66. The lowest BCUT2D eigenvalue weighted by Gasteiger charge is -2.15. The molecule has 0 amide bonds. The van der Waals surface area contributed by atoms with Gasteiger partial charge in [-0.2, -0.15) is 5.10 Å². The Labute approximate surface area is 184 Å². The zero-order chi connectivity index (χ0) is 23.0. The minimum Gasteiger partial charge on any atom is -0.490 e. The van der Waals surface area contributed by atoms with Gasteiger partial charge in [0.2, 0.25) is 0 Å². The van der Waals surface area contributed by atoms with Gasteiger partial charge in [-0.15, -0.1) is 0 Å². The van der Waals surface area contributed by atoms with Crippen molar-refractivity contribution in [3.05, 3.63) is 46.5 Å². The van der Waals surface area contributed by atoms with Crippen molar-refractivity contribution in [2.75, 3.05) is 20.3 Å². The summed E-state index contributed by atoms with van der Waals surface area (Å²) in [7, 11) is 0.120. The zero-order valence-corrected chi connectivity index (χ0v) is 20.0. The lowest BCUT2D eigenvalue weighted by molar-refractivity contribution is 0.0600. The summed E-state index contributed by atoms with van der Waals surface area (Å²) < 4.78 is 31.7. The zero-order valence-electron chi connectivity index (χ0n) is 19.0. The van der Waals surface area contributed by atoms with Gasteiger partial charge in [0.05, 0.1) is 31.6 Å². The van der Waals surface area contributed by atoms with E-state index >= 15 is 0 Å². The Kier molecular flexibility index (Phi) is 9.21. The fraction of sp³-hybridized carbons (Fsp3) is 0.545. The maximum absolute atomic E-state index is 14.0. The van der Waals surface area contributed by atoms with Crippen molar-refractivity contribution in [1.82, 2.24) is 9.78 Å². The van der Waals surface area contributed by atoms with Gasteiger partial charge in [-0.1, -0.05) is 19.6 Å². The van der Waals surface area contributed by atoms with Crippen LogP contribution in [0.5, 0.6) is 5.75 Å². The van der Waals surface area contributed by atoms with E-state index in [1.165, 1.54) is 25.3 Å². The quantitative estimate of drug-likeness (QED) is 0.298. The number of aliphatic hydroxyl groups excluding tert-OH is 1. The number of hydrogen-bond acceptors (Lipinski definition) is 6. The van der Waals surface area contributed by atoms with Crippen LogP contribution in [0, 0.1) is 12.7 Å². The standard InChI is InChI=1S/C22H33FN2O5Si/c1-16-18(20(14-26)24-25(16)15-29-11-12-31(3,4)5)7-6-10-30-21-13-17(22(27)28-2)8-9-19(21)23/h8-9,13,26H,6-7,10-12,14-15H2,1-5H3. The van der Waals surface area contributed by atoms with E-state index in [4.69, 9.17) is 9.47 Å². The Morgan fingerprint density at radius 3 is 2.65 bits per heavy atom. The monoisotopic (exact) mass is 452 g/mol. The minimum atomic E-state index is -1.15. The van der Waals surface area contributed by atoms with Crippen LogP contribution in [-0.4, -0.2) is 49.3 Å². The fourth-order valence-electron chi connectivity index (χ4n) is 3.04. The molecule has 172 valence electrons. The average molecular weight is 453 g/mol. The summed E-state index contributed by atoms with van der Waals surface area (Å²) >= 11 is 0. The molecule has 0 unspecified atom stereocenters. The Morgan fingerprint density at radius 1 is 1.26 bits per heavy atom. The van der Waals surface area contributed by atoms with Crippen molar-refractivity contribution in [1.29, 1.82) is 0 Å². The van der Waals surface area contributed by atoms with Crippen LogP contribution in [0.3, 0.4) is 0 Å².